The summed E-state index contributed by atoms with van der Waals surface area (Å²) >= 11 is -0.186. The topological polar surface area (TPSA) is 49.6 Å². The maximum atomic E-state index is 12.5. The number of carbonyl (C=O) groups is 1. The van der Waals surface area contributed by atoms with Crippen LogP contribution in [0.1, 0.15) is 21.8 Å². The highest BCUT2D eigenvalue weighted by Crippen LogP contribution is 2.36. The van der Waals surface area contributed by atoms with E-state index in [9.17, 15) is 18.0 Å². The van der Waals surface area contributed by atoms with Gasteiger partial charge in [-0.2, -0.15) is 13.2 Å². The van der Waals surface area contributed by atoms with Crippen LogP contribution < -0.4 is 0 Å². The third-order valence-corrected chi connectivity index (χ3v) is 4.79. The average Bonchev–Trinajstić information content (AvgIpc) is 2.99. The fourth-order valence-corrected chi connectivity index (χ4v) is 3.34. The van der Waals surface area contributed by atoms with Crippen LogP contribution in [0.25, 0.3) is 0 Å². The Labute approximate surface area is 153 Å². The number of thioether (sulfide) groups is 1. The van der Waals surface area contributed by atoms with Gasteiger partial charge in [0.2, 0.25) is 0 Å². The van der Waals surface area contributed by atoms with Crippen molar-refractivity contribution in [2.75, 3.05) is 26.2 Å². The Morgan fingerprint density at radius 1 is 1.19 bits per heavy atom. The van der Waals surface area contributed by atoms with Crippen molar-refractivity contribution >= 4 is 17.7 Å². The van der Waals surface area contributed by atoms with Gasteiger partial charge in [-0.1, -0.05) is 5.16 Å². The Morgan fingerprint density at radius 2 is 1.85 bits per heavy atom. The molecule has 1 amide bonds. The zero-order valence-corrected chi connectivity index (χ0v) is 14.9. The van der Waals surface area contributed by atoms with Crippen molar-refractivity contribution in [2.24, 2.45) is 0 Å². The number of benzene rings is 1. The maximum absolute atomic E-state index is 12.5. The molecule has 140 valence electrons. The highest BCUT2D eigenvalue weighted by atomic mass is 32.2. The van der Waals surface area contributed by atoms with E-state index in [-0.39, 0.29) is 22.6 Å². The predicted molar refractivity (Wildman–Crippen MR) is 90.8 cm³/mol. The van der Waals surface area contributed by atoms with Crippen LogP contribution in [-0.4, -0.2) is 52.6 Å². The highest BCUT2D eigenvalue weighted by Gasteiger charge is 2.29. The molecule has 0 saturated carbocycles. The smallest absolute Gasteiger partial charge is 0.360 e. The maximum Gasteiger partial charge on any atom is 0.446 e. The van der Waals surface area contributed by atoms with Crippen molar-refractivity contribution in [3.8, 4) is 0 Å². The van der Waals surface area contributed by atoms with E-state index in [1.807, 2.05) is 13.0 Å². The lowest BCUT2D eigenvalue weighted by Gasteiger charge is -2.34. The van der Waals surface area contributed by atoms with Crippen LogP contribution in [0.4, 0.5) is 13.2 Å². The van der Waals surface area contributed by atoms with Crippen LogP contribution in [0.15, 0.2) is 39.8 Å². The summed E-state index contributed by atoms with van der Waals surface area (Å²) in [6, 6.07) is 7.43. The lowest BCUT2D eigenvalue weighted by atomic mass is 10.2. The first-order chi connectivity index (χ1) is 12.3. The van der Waals surface area contributed by atoms with E-state index in [0.29, 0.717) is 38.3 Å². The molecule has 5 nitrogen and oxygen atoms in total. The van der Waals surface area contributed by atoms with Gasteiger partial charge in [0, 0.05) is 42.7 Å². The average molecular weight is 385 g/mol. The molecule has 1 saturated heterocycles. The Balaban J connectivity index is 1.53. The molecule has 3 rings (SSSR count). The molecule has 0 aliphatic carbocycles. The van der Waals surface area contributed by atoms with E-state index in [4.69, 9.17) is 4.52 Å². The third kappa shape index (κ3) is 5.01. The first-order valence-corrected chi connectivity index (χ1v) is 8.91. The molecule has 1 aromatic heterocycles. The van der Waals surface area contributed by atoms with E-state index in [1.165, 1.54) is 24.3 Å². The Morgan fingerprint density at radius 3 is 2.38 bits per heavy atom. The number of piperazine rings is 1. The molecular formula is C17H18F3N3O2S. The molecule has 1 aliphatic rings. The molecule has 0 unspecified atom stereocenters. The van der Waals surface area contributed by atoms with Gasteiger partial charge in [0.05, 0.1) is 12.2 Å². The third-order valence-electron chi connectivity index (χ3n) is 4.05. The molecule has 1 aromatic carbocycles. The number of rotatable bonds is 4. The number of carbonyl (C=O) groups excluding carboxylic acids is 1. The number of hydrogen-bond donors (Lipinski definition) is 0. The number of aromatic nitrogens is 1. The van der Waals surface area contributed by atoms with Crippen molar-refractivity contribution < 1.29 is 22.5 Å². The first kappa shape index (κ1) is 18.8. The Bertz CT molecular complexity index is 753. The minimum atomic E-state index is -4.33. The normalized spacial score (nSPS) is 16.1. The van der Waals surface area contributed by atoms with Gasteiger partial charge in [0.25, 0.3) is 5.91 Å². The van der Waals surface area contributed by atoms with Gasteiger partial charge in [-0.15, -0.1) is 0 Å². The fourth-order valence-electron chi connectivity index (χ4n) is 2.80. The van der Waals surface area contributed by atoms with Gasteiger partial charge in [0.1, 0.15) is 0 Å². The van der Waals surface area contributed by atoms with E-state index in [1.54, 1.807) is 4.90 Å². The summed E-state index contributed by atoms with van der Waals surface area (Å²) in [5.41, 5.74) is -3.10. The summed E-state index contributed by atoms with van der Waals surface area (Å²) in [7, 11) is 0. The lowest BCUT2D eigenvalue weighted by molar-refractivity contribution is -0.0328. The molecule has 0 N–H and O–H groups in total. The zero-order chi connectivity index (χ0) is 18.7. The second-order valence-corrected chi connectivity index (χ2v) is 7.21. The van der Waals surface area contributed by atoms with Crippen LogP contribution in [0, 0.1) is 6.92 Å². The van der Waals surface area contributed by atoms with Crippen molar-refractivity contribution in [3.63, 3.8) is 0 Å². The fraction of sp³-hybridized carbons (Fsp3) is 0.412. The van der Waals surface area contributed by atoms with Gasteiger partial charge in [0.15, 0.2) is 5.76 Å². The molecule has 1 fully saturated rings. The van der Waals surface area contributed by atoms with Crippen LogP contribution in [0.2, 0.25) is 0 Å². The largest absolute Gasteiger partial charge is 0.446 e. The molecular weight excluding hydrogens is 367 g/mol. The van der Waals surface area contributed by atoms with Crippen LogP contribution in [-0.2, 0) is 6.54 Å². The SMILES string of the molecule is Cc1cc(CN2CCN(C(=O)c3ccc(SC(F)(F)F)cc3)CC2)on1. The van der Waals surface area contributed by atoms with Gasteiger partial charge in [-0.05, 0) is 43.0 Å². The summed E-state index contributed by atoms with van der Waals surface area (Å²) in [5, 5.41) is 3.86. The standard InChI is InChI=1S/C17H18F3N3O2S/c1-12-10-14(25-21-12)11-22-6-8-23(9-7-22)16(24)13-2-4-15(5-3-13)26-17(18,19)20/h2-5,10H,6-9,11H2,1H3. The number of amides is 1. The number of halogens is 3. The molecule has 0 radical (unpaired) electrons. The van der Waals surface area contributed by atoms with E-state index in [2.05, 4.69) is 10.1 Å². The summed E-state index contributed by atoms with van der Waals surface area (Å²) in [4.78, 5) is 16.5. The molecule has 2 aromatic rings. The Hall–Kier alpha value is -2.00. The van der Waals surface area contributed by atoms with Crippen LogP contribution in [0.5, 0.6) is 0 Å². The number of alkyl halides is 3. The van der Waals surface area contributed by atoms with Gasteiger partial charge in [-0.3, -0.25) is 9.69 Å². The summed E-state index contributed by atoms with van der Waals surface area (Å²) in [6.07, 6.45) is 0. The van der Waals surface area contributed by atoms with E-state index in [0.717, 1.165) is 11.5 Å². The Kier molecular flexibility index (Phi) is 5.57. The van der Waals surface area contributed by atoms with Gasteiger partial charge in [-0.25, -0.2) is 0 Å². The molecule has 0 spiro atoms. The van der Waals surface area contributed by atoms with Crippen LogP contribution >= 0.6 is 11.8 Å². The summed E-state index contributed by atoms with van der Waals surface area (Å²) in [6.45, 7) is 5.03. The first-order valence-electron chi connectivity index (χ1n) is 8.10. The van der Waals surface area contributed by atoms with Gasteiger partial charge < -0.3 is 9.42 Å². The van der Waals surface area contributed by atoms with E-state index >= 15 is 0 Å². The minimum Gasteiger partial charge on any atom is -0.360 e. The number of aryl methyl sites for hydroxylation is 1. The molecule has 0 bridgehead atoms. The zero-order valence-electron chi connectivity index (χ0n) is 14.1. The van der Waals surface area contributed by atoms with Crippen molar-refractivity contribution in [2.45, 2.75) is 23.9 Å². The molecule has 26 heavy (non-hydrogen) atoms. The summed E-state index contributed by atoms with van der Waals surface area (Å²) in [5.74, 6) is 0.628. The van der Waals surface area contributed by atoms with Crippen molar-refractivity contribution in [1.29, 1.82) is 0 Å². The lowest BCUT2D eigenvalue weighted by Crippen LogP contribution is -2.48. The van der Waals surface area contributed by atoms with Crippen molar-refractivity contribution in [3.05, 3.63) is 47.3 Å². The minimum absolute atomic E-state index is 0.0706. The quantitative estimate of drug-likeness (QED) is 0.754. The second-order valence-electron chi connectivity index (χ2n) is 6.08. The second kappa shape index (κ2) is 7.71. The van der Waals surface area contributed by atoms with E-state index < -0.39 is 5.51 Å². The molecule has 0 atom stereocenters. The summed E-state index contributed by atoms with van der Waals surface area (Å²) < 4.78 is 42.3. The monoisotopic (exact) mass is 385 g/mol. The molecule has 2 heterocycles. The molecule has 1 aliphatic heterocycles. The molecule has 9 heteroatoms. The predicted octanol–water partition coefficient (Wildman–Crippen LogP) is 3.55. The van der Waals surface area contributed by atoms with Crippen molar-refractivity contribution in [1.82, 2.24) is 15.0 Å². The number of hydrogen-bond acceptors (Lipinski definition) is 5. The number of nitrogens with zero attached hydrogens (tertiary/aromatic N) is 3. The van der Waals surface area contributed by atoms with Gasteiger partial charge >= 0.3 is 5.51 Å². The van der Waals surface area contributed by atoms with Crippen LogP contribution in [0.3, 0.4) is 0 Å². The highest BCUT2D eigenvalue weighted by molar-refractivity contribution is 8.00.